The number of nitrogens with one attached hydrogen (secondary N) is 1. The molecule has 0 spiro atoms. The van der Waals surface area contributed by atoms with Gasteiger partial charge in [-0.3, -0.25) is 4.79 Å². The van der Waals surface area contributed by atoms with Gasteiger partial charge in [0.05, 0.1) is 11.1 Å². The highest BCUT2D eigenvalue weighted by atomic mass is 35.5. The molecule has 3 rings (SSSR count). The average Bonchev–Trinajstić information content (AvgIpc) is 3.02. The van der Waals surface area contributed by atoms with E-state index in [0.29, 0.717) is 28.8 Å². The first-order chi connectivity index (χ1) is 11.2. The molecule has 130 valence electrons. The summed E-state index contributed by atoms with van der Waals surface area (Å²) in [5.74, 6) is 1.66. The molecule has 0 unspecified atom stereocenters. The van der Waals surface area contributed by atoms with Crippen molar-refractivity contribution in [2.75, 3.05) is 26.7 Å². The maximum atomic E-state index is 12.9. The number of amides is 1. The second-order valence-electron chi connectivity index (χ2n) is 5.99. The van der Waals surface area contributed by atoms with E-state index in [4.69, 9.17) is 4.52 Å². The molecule has 2 heterocycles. The average molecular weight is 351 g/mol. The molecule has 6 nitrogen and oxygen atoms in total. The van der Waals surface area contributed by atoms with Crippen molar-refractivity contribution in [2.24, 2.45) is 5.92 Å². The quantitative estimate of drug-likeness (QED) is 0.917. The number of benzene rings is 1. The van der Waals surface area contributed by atoms with Gasteiger partial charge in [0.1, 0.15) is 0 Å². The standard InChI is InChI=1S/C17H22N4O2.ClH/c1-12-19-16(23-20-12)14-5-3-4-6-15(14)17(22)21-9-7-13(8-10-21)11-18-2;/h3-6,13,18H,7-11H2,1-2H3;1H. The van der Waals surface area contributed by atoms with Crippen molar-refractivity contribution in [3.8, 4) is 11.5 Å². The van der Waals surface area contributed by atoms with Crippen molar-refractivity contribution in [1.82, 2.24) is 20.4 Å². The van der Waals surface area contributed by atoms with Crippen LogP contribution in [-0.4, -0.2) is 47.6 Å². The first-order valence-corrected chi connectivity index (χ1v) is 8.02. The number of piperidine rings is 1. The Morgan fingerprint density at radius 1 is 1.33 bits per heavy atom. The van der Waals surface area contributed by atoms with Crippen LogP contribution in [-0.2, 0) is 0 Å². The molecular weight excluding hydrogens is 328 g/mol. The SMILES string of the molecule is CNCC1CCN(C(=O)c2ccccc2-c2nc(C)no2)CC1.Cl. The number of carbonyl (C=O) groups excluding carboxylic acids is 1. The third-order valence-corrected chi connectivity index (χ3v) is 4.31. The lowest BCUT2D eigenvalue weighted by molar-refractivity contribution is 0.0691. The summed E-state index contributed by atoms with van der Waals surface area (Å²) in [5.41, 5.74) is 1.33. The normalized spacial score (nSPS) is 15.2. The zero-order chi connectivity index (χ0) is 16.2. The Morgan fingerprint density at radius 2 is 2.04 bits per heavy atom. The smallest absolute Gasteiger partial charge is 0.258 e. The lowest BCUT2D eigenvalue weighted by Gasteiger charge is -2.32. The summed E-state index contributed by atoms with van der Waals surface area (Å²) in [5, 5.41) is 7.03. The van der Waals surface area contributed by atoms with E-state index in [0.717, 1.165) is 32.5 Å². The minimum Gasteiger partial charge on any atom is -0.339 e. The van der Waals surface area contributed by atoms with Crippen LogP contribution in [0.2, 0.25) is 0 Å². The number of aromatic nitrogens is 2. The second-order valence-corrected chi connectivity index (χ2v) is 5.99. The summed E-state index contributed by atoms with van der Waals surface area (Å²) in [6, 6.07) is 7.43. The van der Waals surface area contributed by atoms with Crippen LogP contribution in [0.1, 0.15) is 29.0 Å². The Morgan fingerprint density at radius 3 is 2.67 bits per heavy atom. The van der Waals surface area contributed by atoms with Crippen LogP contribution in [0.5, 0.6) is 0 Å². The summed E-state index contributed by atoms with van der Waals surface area (Å²) in [6.07, 6.45) is 2.07. The molecule has 1 aromatic carbocycles. The van der Waals surface area contributed by atoms with Crippen LogP contribution in [0.3, 0.4) is 0 Å². The number of aryl methyl sites for hydroxylation is 1. The number of hydrogen-bond acceptors (Lipinski definition) is 5. The number of halogens is 1. The fraction of sp³-hybridized carbons (Fsp3) is 0.471. The molecule has 0 aliphatic carbocycles. The van der Waals surface area contributed by atoms with E-state index in [1.165, 1.54) is 0 Å². The molecule has 1 aliphatic rings. The predicted octanol–water partition coefficient (Wildman–Crippen LogP) is 2.54. The first-order valence-electron chi connectivity index (χ1n) is 8.02. The van der Waals surface area contributed by atoms with E-state index in [1.807, 2.05) is 36.2 Å². The van der Waals surface area contributed by atoms with E-state index in [9.17, 15) is 4.79 Å². The molecule has 1 saturated heterocycles. The van der Waals surface area contributed by atoms with Crippen LogP contribution < -0.4 is 5.32 Å². The van der Waals surface area contributed by atoms with Crippen LogP contribution in [0.4, 0.5) is 0 Å². The Balaban J connectivity index is 0.00000208. The van der Waals surface area contributed by atoms with Crippen LogP contribution in [0.25, 0.3) is 11.5 Å². The minimum atomic E-state index is 0. The number of nitrogens with zero attached hydrogens (tertiary/aromatic N) is 3. The van der Waals surface area contributed by atoms with E-state index < -0.39 is 0 Å². The number of carbonyl (C=O) groups is 1. The molecule has 1 fully saturated rings. The summed E-state index contributed by atoms with van der Waals surface area (Å²) < 4.78 is 5.24. The summed E-state index contributed by atoms with van der Waals surface area (Å²) >= 11 is 0. The van der Waals surface area contributed by atoms with Gasteiger partial charge in [-0.05, 0) is 51.4 Å². The molecule has 0 atom stereocenters. The Bertz CT molecular complexity index is 681. The Labute approximate surface area is 148 Å². The molecule has 1 N–H and O–H groups in total. The fourth-order valence-electron chi connectivity index (χ4n) is 3.06. The lowest BCUT2D eigenvalue weighted by atomic mass is 9.96. The number of likely N-dealkylation sites (tertiary alicyclic amines) is 1. The van der Waals surface area contributed by atoms with Gasteiger partial charge in [0.15, 0.2) is 5.82 Å². The van der Waals surface area contributed by atoms with Gasteiger partial charge in [0, 0.05) is 13.1 Å². The van der Waals surface area contributed by atoms with Gasteiger partial charge in [-0.2, -0.15) is 4.98 Å². The minimum absolute atomic E-state index is 0. The van der Waals surface area contributed by atoms with Crippen molar-refractivity contribution in [2.45, 2.75) is 19.8 Å². The number of hydrogen-bond donors (Lipinski definition) is 1. The molecule has 0 bridgehead atoms. The Kier molecular flexibility index (Phi) is 6.34. The van der Waals surface area contributed by atoms with E-state index in [1.54, 1.807) is 6.92 Å². The summed E-state index contributed by atoms with van der Waals surface area (Å²) in [6.45, 7) is 4.37. The van der Waals surface area contributed by atoms with Crippen molar-refractivity contribution in [3.63, 3.8) is 0 Å². The molecule has 7 heteroatoms. The van der Waals surface area contributed by atoms with Crippen LogP contribution in [0.15, 0.2) is 28.8 Å². The monoisotopic (exact) mass is 350 g/mol. The molecule has 1 aliphatic heterocycles. The van der Waals surface area contributed by atoms with E-state index in [2.05, 4.69) is 15.5 Å². The Hall–Kier alpha value is -1.92. The molecule has 24 heavy (non-hydrogen) atoms. The highest BCUT2D eigenvalue weighted by Gasteiger charge is 2.25. The van der Waals surface area contributed by atoms with Gasteiger partial charge in [-0.15, -0.1) is 12.4 Å². The number of rotatable bonds is 4. The third kappa shape index (κ3) is 3.94. The predicted molar refractivity (Wildman–Crippen MR) is 94.3 cm³/mol. The van der Waals surface area contributed by atoms with Gasteiger partial charge >= 0.3 is 0 Å². The van der Waals surface area contributed by atoms with Gasteiger partial charge in [-0.1, -0.05) is 17.3 Å². The van der Waals surface area contributed by atoms with Gasteiger partial charge in [0.25, 0.3) is 11.8 Å². The zero-order valence-corrected chi connectivity index (χ0v) is 14.8. The fourth-order valence-corrected chi connectivity index (χ4v) is 3.06. The van der Waals surface area contributed by atoms with Crippen molar-refractivity contribution in [3.05, 3.63) is 35.7 Å². The van der Waals surface area contributed by atoms with Crippen molar-refractivity contribution >= 4 is 18.3 Å². The first kappa shape index (κ1) is 18.4. The van der Waals surface area contributed by atoms with Gasteiger partial charge < -0.3 is 14.7 Å². The maximum absolute atomic E-state index is 12.9. The molecule has 2 aromatic rings. The van der Waals surface area contributed by atoms with E-state index in [-0.39, 0.29) is 18.3 Å². The second kappa shape index (κ2) is 8.26. The topological polar surface area (TPSA) is 71.3 Å². The van der Waals surface area contributed by atoms with Crippen LogP contribution >= 0.6 is 12.4 Å². The summed E-state index contributed by atoms with van der Waals surface area (Å²) in [4.78, 5) is 19.1. The van der Waals surface area contributed by atoms with E-state index >= 15 is 0 Å². The molecule has 0 radical (unpaired) electrons. The summed E-state index contributed by atoms with van der Waals surface area (Å²) in [7, 11) is 1.97. The zero-order valence-electron chi connectivity index (χ0n) is 14.0. The highest BCUT2D eigenvalue weighted by molar-refractivity contribution is 6.00. The molecule has 1 amide bonds. The van der Waals surface area contributed by atoms with Crippen molar-refractivity contribution < 1.29 is 9.32 Å². The van der Waals surface area contributed by atoms with Crippen LogP contribution in [0, 0.1) is 12.8 Å². The van der Waals surface area contributed by atoms with Gasteiger partial charge in [-0.25, -0.2) is 0 Å². The van der Waals surface area contributed by atoms with Gasteiger partial charge in [0.2, 0.25) is 0 Å². The molecule has 0 saturated carbocycles. The van der Waals surface area contributed by atoms with Crippen molar-refractivity contribution in [1.29, 1.82) is 0 Å². The maximum Gasteiger partial charge on any atom is 0.258 e. The lowest BCUT2D eigenvalue weighted by Crippen LogP contribution is -2.40. The highest BCUT2D eigenvalue weighted by Crippen LogP contribution is 2.25. The largest absolute Gasteiger partial charge is 0.339 e. The third-order valence-electron chi connectivity index (χ3n) is 4.31. The molecular formula is C17H23ClN4O2. The molecule has 1 aromatic heterocycles.